The third kappa shape index (κ3) is 3.56. The Balaban J connectivity index is 2.05. The Morgan fingerprint density at radius 2 is 1.68 bits per heavy atom. The molecular weight excluding hydrogens is 310 g/mol. The van der Waals surface area contributed by atoms with Gasteiger partial charge in [0.2, 0.25) is 5.91 Å². The minimum absolute atomic E-state index is 0.226. The Labute approximate surface area is 120 Å². The summed E-state index contributed by atoms with van der Waals surface area (Å²) in [6.07, 6.45) is 2.88. The molecule has 5 heteroatoms. The Kier molecular flexibility index (Phi) is 4.58. The van der Waals surface area contributed by atoms with E-state index in [0.29, 0.717) is 18.5 Å². The van der Waals surface area contributed by atoms with Gasteiger partial charge in [-0.1, -0.05) is 28.8 Å². The minimum Gasteiger partial charge on any atom is -0.550 e. The van der Waals surface area contributed by atoms with E-state index in [1.807, 2.05) is 12.1 Å². The summed E-state index contributed by atoms with van der Waals surface area (Å²) in [4.78, 5) is 23.2. The summed E-state index contributed by atoms with van der Waals surface area (Å²) in [5, 5.41) is 13.8. The van der Waals surface area contributed by atoms with Crippen molar-refractivity contribution in [2.24, 2.45) is 11.8 Å². The molecular formula is C14H15BrNO3-. The lowest BCUT2D eigenvalue weighted by Crippen LogP contribution is -2.42. The molecule has 0 bridgehead atoms. The van der Waals surface area contributed by atoms with Crippen molar-refractivity contribution in [3.63, 3.8) is 0 Å². The number of carboxylic acids is 1. The van der Waals surface area contributed by atoms with Crippen LogP contribution in [0.1, 0.15) is 25.7 Å². The summed E-state index contributed by atoms with van der Waals surface area (Å²) >= 11 is 3.32. The van der Waals surface area contributed by atoms with Crippen LogP contribution in [0, 0.1) is 11.8 Å². The molecule has 19 heavy (non-hydrogen) atoms. The van der Waals surface area contributed by atoms with Crippen LogP contribution in [0.25, 0.3) is 0 Å². The summed E-state index contributed by atoms with van der Waals surface area (Å²) in [6, 6.07) is 7.21. The second-order valence-corrected chi connectivity index (χ2v) is 5.73. The highest BCUT2D eigenvalue weighted by Gasteiger charge is 2.31. The van der Waals surface area contributed by atoms with Gasteiger partial charge in [0.1, 0.15) is 0 Å². The molecule has 2 unspecified atom stereocenters. The molecule has 0 spiro atoms. The maximum Gasteiger partial charge on any atom is 0.228 e. The van der Waals surface area contributed by atoms with Crippen molar-refractivity contribution in [1.82, 2.24) is 0 Å². The Bertz CT molecular complexity index is 472. The molecule has 4 nitrogen and oxygen atoms in total. The standard InChI is InChI=1S/C14H16BrNO3/c15-9-5-7-10(8-6-9)16-13(17)11-3-1-2-4-12(11)14(18)19/h5-8,11-12H,1-4H2,(H,16,17)(H,18,19)/p-1. The van der Waals surface area contributed by atoms with Crippen molar-refractivity contribution < 1.29 is 14.7 Å². The SMILES string of the molecule is O=C([O-])C1CCCCC1C(=O)Nc1ccc(Br)cc1. The maximum absolute atomic E-state index is 12.2. The number of carbonyl (C=O) groups is 2. The molecule has 1 aromatic rings. The van der Waals surface area contributed by atoms with Crippen LogP contribution >= 0.6 is 15.9 Å². The average Bonchev–Trinajstić information content (AvgIpc) is 2.41. The van der Waals surface area contributed by atoms with Gasteiger partial charge in [-0.2, -0.15) is 0 Å². The molecule has 1 aliphatic carbocycles. The maximum atomic E-state index is 12.2. The van der Waals surface area contributed by atoms with Crippen molar-refractivity contribution in [3.05, 3.63) is 28.7 Å². The van der Waals surface area contributed by atoms with Gasteiger partial charge in [-0.3, -0.25) is 4.79 Å². The van der Waals surface area contributed by atoms with E-state index in [0.717, 1.165) is 17.3 Å². The number of halogens is 1. The molecule has 1 amide bonds. The molecule has 1 fully saturated rings. The highest BCUT2D eigenvalue weighted by Crippen LogP contribution is 2.30. The molecule has 0 radical (unpaired) electrons. The van der Waals surface area contributed by atoms with Crippen molar-refractivity contribution in [2.75, 3.05) is 5.32 Å². The summed E-state index contributed by atoms with van der Waals surface area (Å²) in [5.41, 5.74) is 0.677. The molecule has 0 aliphatic heterocycles. The Morgan fingerprint density at radius 1 is 1.11 bits per heavy atom. The second-order valence-electron chi connectivity index (χ2n) is 4.81. The van der Waals surface area contributed by atoms with Gasteiger partial charge in [0.25, 0.3) is 0 Å². The van der Waals surface area contributed by atoms with Crippen LogP contribution in [-0.4, -0.2) is 11.9 Å². The van der Waals surface area contributed by atoms with Gasteiger partial charge in [0.05, 0.1) is 0 Å². The molecule has 1 aromatic carbocycles. The molecule has 0 aromatic heterocycles. The topological polar surface area (TPSA) is 69.2 Å². The molecule has 0 heterocycles. The number of carbonyl (C=O) groups excluding carboxylic acids is 2. The predicted molar refractivity (Wildman–Crippen MR) is 73.2 cm³/mol. The van der Waals surface area contributed by atoms with E-state index in [1.54, 1.807) is 12.1 Å². The number of rotatable bonds is 3. The van der Waals surface area contributed by atoms with Gasteiger partial charge in [-0.05, 0) is 37.1 Å². The molecule has 1 N–H and O–H groups in total. The monoisotopic (exact) mass is 324 g/mol. The lowest BCUT2D eigenvalue weighted by Gasteiger charge is -2.31. The molecule has 2 rings (SSSR count). The summed E-state index contributed by atoms with van der Waals surface area (Å²) in [7, 11) is 0. The first-order valence-electron chi connectivity index (χ1n) is 6.35. The summed E-state index contributed by atoms with van der Waals surface area (Å²) in [6.45, 7) is 0. The van der Waals surface area contributed by atoms with Gasteiger partial charge in [0.15, 0.2) is 0 Å². The zero-order valence-electron chi connectivity index (χ0n) is 10.4. The lowest BCUT2D eigenvalue weighted by molar-refractivity contribution is -0.313. The van der Waals surface area contributed by atoms with Crippen LogP contribution in [-0.2, 0) is 9.59 Å². The van der Waals surface area contributed by atoms with Gasteiger partial charge in [-0.25, -0.2) is 0 Å². The Morgan fingerprint density at radius 3 is 2.26 bits per heavy atom. The van der Waals surface area contributed by atoms with Gasteiger partial charge in [-0.15, -0.1) is 0 Å². The van der Waals surface area contributed by atoms with Crippen LogP contribution in [0.15, 0.2) is 28.7 Å². The first-order chi connectivity index (χ1) is 9.08. The number of aliphatic carboxylic acids is 1. The number of hydrogen-bond donors (Lipinski definition) is 1. The first-order valence-corrected chi connectivity index (χ1v) is 7.14. The van der Waals surface area contributed by atoms with Gasteiger partial charge in [0, 0.05) is 28.0 Å². The zero-order chi connectivity index (χ0) is 13.8. The lowest BCUT2D eigenvalue weighted by atomic mass is 9.78. The van der Waals surface area contributed by atoms with E-state index in [1.165, 1.54) is 0 Å². The number of nitrogens with one attached hydrogen (secondary N) is 1. The van der Waals surface area contributed by atoms with Crippen LogP contribution in [0.5, 0.6) is 0 Å². The van der Waals surface area contributed by atoms with Gasteiger partial charge < -0.3 is 15.2 Å². The number of hydrogen-bond acceptors (Lipinski definition) is 3. The van der Waals surface area contributed by atoms with E-state index < -0.39 is 17.8 Å². The smallest absolute Gasteiger partial charge is 0.228 e. The van der Waals surface area contributed by atoms with Crippen molar-refractivity contribution in [2.45, 2.75) is 25.7 Å². The largest absolute Gasteiger partial charge is 0.550 e. The number of benzene rings is 1. The Hall–Kier alpha value is -1.36. The van der Waals surface area contributed by atoms with Crippen molar-refractivity contribution in [3.8, 4) is 0 Å². The first kappa shape index (κ1) is 14.1. The molecule has 2 atom stereocenters. The van der Waals surface area contributed by atoms with Crippen LogP contribution in [0.3, 0.4) is 0 Å². The number of amides is 1. The van der Waals surface area contributed by atoms with Crippen LogP contribution < -0.4 is 10.4 Å². The summed E-state index contributed by atoms with van der Waals surface area (Å²) in [5.74, 6) is -2.49. The molecule has 1 saturated carbocycles. The third-order valence-corrected chi connectivity index (χ3v) is 4.05. The van der Waals surface area contributed by atoms with Crippen molar-refractivity contribution in [1.29, 1.82) is 0 Å². The van der Waals surface area contributed by atoms with E-state index in [-0.39, 0.29) is 5.91 Å². The minimum atomic E-state index is -1.12. The second kappa shape index (κ2) is 6.19. The third-order valence-electron chi connectivity index (χ3n) is 3.52. The fourth-order valence-electron chi connectivity index (χ4n) is 2.49. The van der Waals surface area contributed by atoms with Crippen molar-refractivity contribution >= 4 is 33.5 Å². The fraction of sp³-hybridized carbons (Fsp3) is 0.429. The zero-order valence-corrected chi connectivity index (χ0v) is 12.0. The summed E-state index contributed by atoms with van der Waals surface area (Å²) < 4.78 is 0.927. The predicted octanol–water partition coefficient (Wildman–Crippen LogP) is 1.94. The van der Waals surface area contributed by atoms with E-state index in [4.69, 9.17) is 0 Å². The number of carboxylic acid groups (broad SMARTS) is 1. The van der Waals surface area contributed by atoms with Gasteiger partial charge >= 0.3 is 0 Å². The van der Waals surface area contributed by atoms with E-state index >= 15 is 0 Å². The quantitative estimate of drug-likeness (QED) is 0.923. The fourth-order valence-corrected chi connectivity index (χ4v) is 2.76. The highest BCUT2D eigenvalue weighted by molar-refractivity contribution is 9.10. The van der Waals surface area contributed by atoms with Crippen LogP contribution in [0.4, 0.5) is 5.69 Å². The molecule has 0 saturated heterocycles. The average molecular weight is 325 g/mol. The molecule has 1 aliphatic rings. The number of anilines is 1. The molecule has 102 valence electrons. The normalized spacial score (nSPS) is 22.8. The van der Waals surface area contributed by atoms with Crippen LogP contribution in [0.2, 0.25) is 0 Å². The van der Waals surface area contributed by atoms with E-state index in [2.05, 4.69) is 21.2 Å². The van der Waals surface area contributed by atoms with E-state index in [9.17, 15) is 14.7 Å². The highest BCUT2D eigenvalue weighted by atomic mass is 79.9.